The Bertz CT molecular complexity index is 534. The summed E-state index contributed by atoms with van der Waals surface area (Å²) in [4.78, 5) is 4.19. The number of guanidine groups is 1. The van der Waals surface area contributed by atoms with Crippen molar-refractivity contribution in [3.63, 3.8) is 0 Å². The average Bonchev–Trinajstić information content (AvgIpc) is 2.38. The molecular formula is C13H16N4. The molecule has 0 amide bonds. The molecule has 2 rings (SSSR count). The lowest BCUT2D eigenvalue weighted by molar-refractivity contribution is 0.986. The molecule has 0 aliphatic carbocycles. The molecule has 0 aliphatic rings. The molecule has 0 fully saturated rings. The molecular weight excluding hydrogens is 212 g/mol. The predicted molar refractivity (Wildman–Crippen MR) is 72.9 cm³/mol. The van der Waals surface area contributed by atoms with Gasteiger partial charge in [0, 0.05) is 12.2 Å². The van der Waals surface area contributed by atoms with E-state index in [0.717, 1.165) is 5.69 Å². The molecule has 4 heteroatoms. The molecule has 17 heavy (non-hydrogen) atoms. The van der Waals surface area contributed by atoms with E-state index in [2.05, 4.69) is 40.0 Å². The van der Waals surface area contributed by atoms with E-state index in [0.29, 0.717) is 12.5 Å². The first-order valence-corrected chi connectivity index (χ1v) is 5.60. The molecule has 0 atom stereocenters. The van der Waals surface area contributed by atoms with Crippen LogP contribution in [0.4, 0.5) is 5.69 Å². The van der Waals surface area contributed by atoms with Gasteiger partial charge in [0.25, 0.3) is 0 Å². The summed E-state index contributed by atoms with van der Waals surface area (Å²) < 4.78 is 0. The van der Waals surface area contributed by atoms with Gasteiger partial charge in [0.1, 0.15) is 0 Å². The van der Waals surface area contributed by atoms with Crippen LogP contribution in [0.5, 0.6) is 0 Å². The number of nitrogens with zero attached hydrogens (tertiary/aromatic N) is 1. The number of hydrazine groups is 1. The van der Waals surface area contributed by atoms with Crippen LogP contribution in [0.25, 0.3) is 10.8 Å². The van der Waals surface area contributed by atoms with Crippen molar-refractivity contribution in [2.24, 2.45) is 10.8 Å². The Hall–Kier alpha value is -2.07. The molecule has 0 saturated carbocycles. The lowest BCUT2D eigenvalue weighted by Gasteiger charge is -2.09. The lowest BCUT2D eigenvalue weighted by Crippen LogP contribution is -2.36. The molecule has 0 aliphatic heterocycles. The van der Waals surface area contributed by atoms with E-state index in [1.165, 1.54) is 10.8 Å². The number of benzene rings is 2. The minimum Gasteiger partial charge on any atom is -0.325 e. The number of nitrogens with two attached hydrogens (primary N) is 1. The molecule has 4 N–H and O–H groups in total. The lowest BCUT2D eigenvalue weighted by atomic mass is 10.1. The topological polar surface area (TPSA) is 62.4 Å². The fourth-order valence-electron chi connectivity index (χ4n) is 1.68. The average molecular weight is 228 g/mol. The summed E-state index contributed by atoms with van der Waals surface area (Å²) in [6.07, 6.45) is 0. The van der Waals surface area contributed by atoms with Crippen LogP contribution in [0.3, 0.4) is 0 Å². The third kappa shape index (κ3) is 2.73. The Labute approximate surface area is 101 Å². The van der Waals surface area contributed by atoms with Gasteiger partial charge in [-0.1, -0.05) is 30.3 Å². The van der Waals surface area contributed by atoms with Crippen molar-refractivity contribution >= 4 is 22.4 Å². The molecule has 2 aromatic carbocycles. The van der Waals surface area contributed by atoms with E-state index in [9.17, 15) is 0 Å². The summed E-state index contributed by atoms with van der Waals surface area (Å²) >= 11 is 0. The SMILES string of the molecule is CCN=C(NN)Nc1ccc2ccccc2c1. The number of hydrogen-bond donors (Lipinski definition) is 3. The van der Waals surface area contributed by atoms with Crippen molar-refractivity contribution in [2.45, 2.75) is 6.92 Å². The van der Waals surface area contributed by atoms with Crippen LogP contribution in [0.2, 0.25) is 0 Å². The monoisotopic (exact) mass is 228 g/mol. The Morgan fingerprint density at radius 2 is 1.94 bits per heavy atom. The van der Waals surface area contributed by atoms with Gasteiger partial charge < -0.3 is 5.32 Å². The van der Waals surface area contributed by atoms with Gasteiger partial charge in [0.15, 0.2) is 0 Å². The second-order valence-electron chi connectivity index (χ2n) is 3.65. The van der Waals surface area contributed by atoms with E-state index < -0.39 is 0 Å². The van der Waals surface area contributed by atoms with Gasteiger partial charge in [-0.05, 0) is 29.8 Å². The van der Waals surface area contributed by atoms with Gasteiger partial charge in [-0.15, -0.1) is 0 Å². The normalized spacial score (nSPS) is 11.5. The first-order valence-electron chi connectivity index (χ1n) is 5.60. The van der Waals surface area contributed by atoms with Crippen molar-refractivity contribution in [1.82, 2.24) is 5.43 Å². The number of aliphatic imine (C=N–C) groups is 1. The van der Waals surface area contributed by atoms with Crippen LogP contribution >= 0.6 is 0 Å². The summed E-state index contributed by atoms with van der Waals surface area (Å²) in [5, 5.41) is 5.54. The molecule has 0 bridgehead atoms. The summed E-state index contributed by atoms with van der Waals surface area (Å²) in [5.74, 6) is 5.95. The maximum absolute atomic E-state index is 5.38. The van der Waals surface area contributed by atoms with Crippen molar-refractivity contribution < 1.29 is 0 Å². The van der Waals surface area contributed by atoms with Gasteiger partial charge in [-0.25, -0.2) is 5.84 Å². The van der Waals surface area contributed by atoms with E-state index in [-0.39, 0.29) is 0 Å². The van der Waals surface area contributed by atoms with Crippen LogP contribution in [-0.4, -0.2) is 12.5 Å². The molecule has 0 heterocycles. The zero-order chi connectivity index (χ0) is 12.1. The third-order valence-electron chi connectivity index (χ3n) is 2.47. The molecule has 0 unspecified atom stereocenters. The number of rotatable bonds is 2. The molecule has 2 aromatic rings. The molecule has 0 spiro atoms. The molecule has 0 saturated heterocycles. The van der Waals surface area contributed by atoms with Crippen LogP contribution in [0.15, 0.2) is 47.5 Å². The fraction of sp³-hybridized carbons (Fsp3) is 0.154. The Balaban J connectivity index is 2.27. The van der Waals surface area contributed by atoms with E-state index in [4.69, 9.17) is 5.84 Å². The van der Waals surface area contributed by atoms with Gasteiger partial charge >= 0.3 is 0 Å². The fourth-order valence-corrected chi connectivity index (χ4v) is 1.68. The van der Waals surface area contributed by atoms with Crippen molar-refractivity contribution in [2.75, 3.05) is 11.9 Å². The number of hydrogen-bond acceptors (Lipinski definition) is 2. The molecule has 0 aromatic heterocycles. The molecule has 88 valence electrons. The quantitative estimate of drug-likeness (QED) is 0.319. The number of anilines is 1. The van der Waals surface area contributed by atoms with Gasteiger partial charge in [-0.2, -0.15) is 0 Å². The largest absolute Gasteiger partial charge is 0.325 e. The van der Waals surface area contributed by atoms with Crippen LogP contribution in [-0.2, 0) is 0 Å². The second-order valence-corrected chi connectivity index (χ2v) is 3.65. The minimum atomic E-state index is 0.572. The Kier molecular flexibility index (Phi) is 3.57. The van der Waals surface area contributed by atoms with E-state index in [1.807, 2.05) is 25.1 Å². The highest BCUT2D eigenvalue weighted by molar-refractivity contribution is 5.96. The zero-order valence-corrected chi connectivity index (χ0v) is 9.77. The maximum atomic E-state index is 5.38. The van der Waals surface area contributed by atoms with Gasteiger partial charge in [0.05, 0.1) is 0 Å². The molecule has 4 nitrogen and oxygen atoms in total. The summed E-state index contributed by atoms with van der Waals surface area (Å²) in [6.45, 7) is 2.64. The molecule has 0 radical (unpaired) electrons. The van der Waals surface area contributed by atoms with Crippen LogP contribution < -0.4 is 16.6 Å². The van der Waals surface area contributed by atoms with Crippen LogP contribution in [0, 0.1) is 0 Å². The van der Waals surface area contributed by atoms with Crippen molar-refractivity contribution in [1.29, 1.82) is 0 Å². The smallest absolute Gasteiger partial charge is 0.210 e. The highest BCUT2D eigenvalue weighted by Crippen LogP contribution is 2.18. The Morgan fingerprint density at radius 3 is 2.65 bits per heavy atom. The summed E-state index contributed by atoms with van der Waals surface area (Å²) in [7, 11) is 0. The standard InChI is InChI=1S/C13H16N4/c1-2-15-13(17-14)16-12-8-7-10-5-3-4-6-11(10)9-12/h3-9H,2,14H2,1H3,(H2,15,16,17). The van der Waals surface area contributed by atoms with E-state index in [1.54, 1.807) is 0 Å². The number of fused-ring (bicyclic) bond motifs is 1. The first kappa shape index (κ1) is 11.4. The van der Waals surface area contributed by atoms with Crippen LogP contribution in [0.1, 0.15) is 6.92 Å². The zero-order valence-electron chi connectivity index (χ0n) is 9.77. The first-order chi connectivity index (χ1) is 8.33. The van der Waals surface area contributed by atoms with Gasteiger partial charge in [0.2, 0.25) is 5.96 Å². The number of nitrogens with one attached hydrogen (secondary N) is 2. The second kappa shape index (κ2) is 5.32. The summed E-state index contributed by atoms with van der Waals surface area (Å²) in [5.41, 5.74) is 3.50. The van der Waals surface area contributed by atoms with Crippen molar-refractivity contribution in [3.8, 4) is 0 Å². The van der Waals surface area contributed by atoms with E-state index >= 15 is 0 Å². The Morgan fingerprint density at radius 1 is 1.18 bits per heavy atom. The highest BCUT2D eigenvalue weighted by Gasteiger charge is 1.98. The summed E-state index contributed by atoms with van der Waals surface area (Å²) in [6, 6.07) is 14.4. The van der Waals surface area contributed by atoms with Crippen molar-refractivity contribution in [3.05, 3.63) is 42.5 Å². The third-order valence-corrected chi connectivity index (χ3v) is 2.47. The maximum Gasteiger partial charge on any atom is 0.210 e. The highest BCUT2D eigenvalue weighted by atomic mass is 15.3. The van der Waals surface area contributed by atoms with Gasteiger partial charge in [-0.3, -0.25) is 10.4 Å². The predicted octanol–water partition coefficient (Wildman–Crippen LogP) is 2.09. The minimum absolute atomic E-state index is 0.572.